The van der Waals surface area contributed by atoms with Crippen LogP contribution in [-0.2, 0) is 23.8 Å². The molecule has 2 aromatic rings. The van der Waals surface area contributed by atoms with Crippen molar-refractivity contribution >= 4 is 29.0 Å². The molecule has 0 aliphatic carbocycles. The van der Waals surface area contributed by atoms with Crippen LogP contribution in [0.3, 0.4) is 0 Å². The molecule has 0 saturated carbocycles. The van der Waals surface area contributed by atoms with Crippen LogP contribution in [0, 0.1) is 6.92 Å². The van der Waals surface area contributed by atoms with Crippen LogP contribution >= 0.6 is 23.2 Å². The number of carbonyl (C=O) groups is 1. The SMILES string of the molecule is Cc1cc(CC(=O)Cc2ccc(Cl)c(C(F)(F)F)c2)ccc1Cl. The van der Waals surface area contributed by atoms with Crippen molar-refractivity contribution in [1.82, 2.24) is 0 Å². The molecule has 6 heteroatoms. The van der Waals surface area contributed by atoms with Gasteiger partial charge < -0.3 is 0 Å². The Kier molecular flexibility index (Phi) is 5.37. The molecule has 0 fully saturated rings. The van der Waals surface area contributed by atoms with Crippen LogP contribution in [0.25, 0.3) is 0 Å². The van der Waals surface area contributed by atoms with Gasteiger partial charge in [-0.1, -0.05) is 41.4 Å². The second kappa shape index (κ2) is 6.93. The van der Waals surface area contributed by atoms with Crippen LogP contribution in [0.4, 0.5) is 13.2 Å². The van der Waals surface area contributed by atoms with Gasteiger partial charge in [-0.15, -0.1) is 0 Å². The predicted octanol–water partition coefficient (Wildman–Crippen LogP) is 5.67. The zero-order chi connectivity index (χ0) is 17.2. The topological polar surface area (TPSA) is 17.1 Å². The molecule has 23 heavy (non-hydrogen) atoms. The Morgan fingerprint density at radius 1 is 0.957 bits per heavy atom. The first-order valence-electron chi connectivity index (χ1n) is 6.79. The number of rotatable bonds is 4. The van der Waals surface area contributed by atoms with Gasteiger partial charge >= 0.3 is 6.18 Å². The second-order valence-corrected chi connectivity index (χ2v) is 6.10. The maximum Gasteiger partial charge on any atom is 0.417 e. The lowest BCUT2D eigenvalue weighted by Gasteiger charge is -2.11. The van der Waals surface area contributed by atoms with Crippen molar-refractivity contribution in [3.8, 4) is 0 Å². The minimum atomic E-state index is -4.54. The maximum atomic E-state index is 12.8. The molecule has 2 rings (SSSR count). The largest absolute Gasteiger partial charge is 0.417 e. The Balaban J connectivity index is 2.12. The van der Waals surface area contributed by atoms with Crippen LogP contribution in [-0.4, -0.2) is 5.78 Å². The molecule has 0 saturated heterocycles. The number of hydrogen-bond acceptors (Lipinski definition) is 1. The van der Waals surface area contributed by atoms with Crippen molar-refractivity contribution in [3.63, 3.8) is 0 Å². The maximum absolute atomic E-state index is 12.8. The highest BCUT2D eigenvalue weighted by Gasteiger charge is 2.33. The van der Waals surface area contributed by atoms with Crippen molar-refractivity contribution in [2.24, 2.45) is 0 Å². The Labute approximate surface area is 142 Å². The van der Waals surface area contributed by atoms with Crippen molar-refractivity contribution in [3.05, 3.63) is 68.7 Å². The summed E-state index contributed by atoms with van der Waals surface area (Å²) in [5.74, 6) is -0.179. The summed E-state index contributed by atoms with van der Waals surface area (Å²) in [5, 5.41) is 0.232. The molecule has 0 aromatic heterocycles. The van der Waals surface area contributed by atoms with Gasteiger partial charge in [-0.05, 0) is 41.8 Å². The molecule has 0 aliphatic heterocycles. The molecule has 122 valence electrons. The average molecular weight is 361 g/mol. The number of halogens is 5. The molecule has 0 unspecified atom stereocenters. The number of carbonyl (C=O) groups excluding carboxylic acids is 1. The molecular formula is C17H13Cl2F3O. The highest BCUT2D eigenvalue weighted by molar-refractivity contribution is 6.31. The predicted molar refractivity (Wildman–Crippen MR) is 85.1 cm³/mol. The van der Waals surface area contributed by atoms with E-state index in [1.807, 2.05) is 6.92 Å². The highest BCUT2D eigenvalue weighted by atomic mass is 35.5. The van der Waals surface area contributed by atoms with E-state index in [1.54, 1.807) is 18.2 Å². The summed E-state index contributed by atoms with van der Waals surface area (Å²) in [4.78, 5) is 12.1. The standard InChI is InChI=1S/C17H13Cl2F3O/c1-10-6-11(2-4-15(10)18)7-13(23)8-12-3-5-16(19)14(9-12)17(20,21)22/h2-6,9H,7-8H2,1H3. The molecule has 0 N–H and O–H groups in total. The van der Waals surface area contributed by atoms with Gasteiger partial charge in [0.05, 0.1) is 10.6 Å². The van der Waals surface area contributed by atoms with E-state index < -0.39 is 11.7 Å². The molecule has 0 bridgehead atoms. The van der Waals surface area contributed by atoms with E-state index in [0.717, 1.165) is 17.2 Å². The lowest BCUT2D eigenvalue weighted by molar-refractivity contribution is -0.137. The Hall–Kier alpha value is -1.52. The number of hydrogen-bond donors (Lipinski definition) is 0. The van der Waals surface area contributed by atoms with Crippen molar-refractivity contribution < 1.29 is 18.0 Å². The van der Waals surface area contributed by atoms with Crippen LogP contribution in [0.5, 0.6) is 0 Å². The van der Waals surface area contributed by atoms with Crippen molar-refractivity contribution in [2.75, 3.05) is 0 Å². The summed E-state index contributed by atoms with van der Waals surface area (Å²) in [7, 11) is 0. The molecule has 0 atom stereocenters. The van der Waals surface area contributed by atoms with Gasteiger partial charge in [-0.3, -0.25) is 4.79 Å². The van der Waals surface area contributed by atoms with Crippen molar-refractivity contribution in [2.45, 2.75) is 25.9 Å². The number of ketones is 1. The molecule has 0 spiro atoms. The van der Waals surface area contributed by atoms with Crippen LogP contribution in [0.2, 0.25) is 10.0 Å². The van der Waals surface area contributed by atoms with E-state index >= 15 is 0 Å². The van der Waals surface area contributed by atoms with Gasteiger partial charge in [0.25, 0.3) is 0 Å². The lowest BCUT2D eigenvalue weighted by Crippen LogP contribution is -2.10. The highest BCUT2D eigenvalue weighted by Crippen LogP contribution is 2.35. The van der Waals surface area contributed by atoms with E-state index in [4.69, 9.17) is 23.2 Å². The zero-order valence-electron chi connectivity index (χ0n) is 12.2. The van der Waals surface area contributed by atoms with Gasteiger partial charge in [0.1, 0.15) is 5.78 Å². The van der Waals surface area contributed by atoms with Gasteiger partial charge in [0.2, 0.25) is 0 Å². The van der Waals surface area contributed by atoms with Gasteiger partial charge in [0.15, 0.2) is 0 Å². The van der Waals surface area contributed by atoms with Crippen LogP contribution in [0.1, 0.15) is 22.3 Å². The minimum absolute atomic E-state index is 0.0814. The number of alkyl halides is 3. The second-order valence-electron chi connectivity index (χ2n) is 5.29. The lowest BCUT2D eigenvalue weighted by atomic mass is 10.00. The average Bonchev–Trinajstić information content (AvgIpc) is 2.44. The number of benzene rings is 2. The summed E-state index contributed by atoms with van der Waals surface area (Å²) in [6, 6.07) is 8.75. The van der Waals surface area contributed by atoms with Gasteiger partial charge in [-0.2, -0.15) is 13.2 Å². The molecule has 0 amide bonds. The first kappa shape index (κ1) is 17.8. The zero-order valence-corrected chi connectivity index (χ0v) is 13.7. The van der Waals surface area contributed by atoms with Crippen molar-refractivity contribution in [1.29, 1.82) is 0 Å². The number of aryl methyl sites for hydroxylation is 1. The van der Waals surface area contributed by atoms with Gasteiger partial charge in [-0.25, -0.2) is 0 Å². The molecule has 0 aliphatic rings. The first-order chi connectivity index (χ1) is 10.7. The molecule has 0 radical (unpaired) electrons. The van der Waals surface area contributed by atoms with E-state index in [-0.39, 0.29) is 29.2 Å². The molecule has 1 nitrogen and oxygen atoms in total. The van der Waals surface area contributed by atoms with E-state index in [1.165, 1.54) is 12.1 Å². The van der Waals surface area contributed by atoms with Crippen LogP contribution in [0.15, 0.2) is 36.4 Å². The van der Waals surface area contributed by atoms with E-state index in [9.17, 15) is 18.0 Å². The minimum Gasteiger partial charge on any atom is -0.299 e. The fourth-order valence-corrected chi connectivity index (χ4v) is 2.58. The number of Topliss-reactive ketones (excluding diaryl/α,β-unsaturated/α-hetero) is 1. The Bertz CT molecular complexity index is 739. The fourth-order valence-electron chi connectivity index (χ4n) is 2.23. The summed E-state index contributed by atoms with van der Waals surface area (Å²) >= 11 is 11.5. The molecular weight excluding hydrogens is 348 g/mol. The normalized spacial score (nSPS) is 11.6. The third kappa shape index (κ3) is 4.72. The Morgan fingerprint density at radius 2 is 1.48 bits per heavy atom. The monoisotopic (exact) mass is 360 g/mol. The first-order valence-corrected chi connectivity index (χ1v) is 7.55. The smallest absolute Gasteiger partial charge is 0.299 e. The Morgan fingerprint density at radius 3 is 2.00 bits per heavy atom. The third-order valence-electron chi connectivity index (χ3n) is 3.36. The fraction of sp³-hybridized carbons (Fsp3) is 0.235. The summed E-state index contributed by atoms with van der Waals surface area (Å²) in [6.45, 7) is 1.82. The molecule has 0 heterocycles. The van der Waals surface area contributed by atoms with Crippen LogP contribution < -0.4 is 0 Å². The summed E-state index contributed by atoms with van der Waals surface area (Å²) in [5.41, 5.74) is 0.994. The summed E-state index contributed by atoms with van der Waals surface area (Å²) < 4.78 is 38.4. The molecule has 2 aromatic carbocycles. The quantitative estimate of drug-likeness (QED) is 0.685. The summed E-state index contributed by atoms with van der Waals surface area (Å²) in [6.07, 6.45) is -4.48. The van der Waals surface area contributed by atoms with E-state index in [2.05, 4.69) is 0 Å². The third-order valence-corrected chi connectivity index (χ3v) is 4.11. The van der Waals surface area contributed by atoms with Gasteiger partial charge in [0, 0.05) is 17.9 Å². The van der Waals surface area contributed by atoms with E-state index in [0.29, 0.717) is 5.02 Å².